The number of fused-ring (bicyclic) bond motifs is 3. The van der Waals surface area contributed by atoms with Gasteiger partial charge in [0, 0.05) is 19.4 Å². The number of carbonyl (C=O) groups is 1. The van der Waals surface area contributed by atoms with Crippen LogP contribution in [0.5, 0.6) is 0 Å². The van der Waals surface area contributed by atoms with Crippen LogP contribution in [0.2, 0.25) is 0 Å². The van der Waals surface area contributed by atoms with Gasteiger partial charge in [0.2, 0.25) is 5.91 Å². The minimum absolute atomic E-state index is 0.0496. The van der Waals surface area contributed by atoms with E-state index in [1.807, 2.05) is 18.2 Å². The highest BCUT2D eigenvalue weighted by molar-refractivity contribution is 5.78. The monoisotopic (exact) mass is 325 g/mol. The minimum Gasteiger partial charge on any atom is -0.356 e. The molecule has 2 N–H and O–H groups in total. The molecule has 0 radical (unpaired) electrons. The summed E-state index contributed by atoms with van der Waals surface area (Å²) in [6.45, 7) is 0.807. The van der Waals surface area contributed by atoms with Gasteiger partial charge in [0.05, 0.1) is 10.9 Å². The van der Waals surface area contributed by atoms with Crippen LogP contribution in [0.25, 0.3) is 10.9 Å². The Labute approximate surface area is 140 Å². The second kappa shape index (κ2) is 6.38. The van der Waals surface area contributed by atoms with Gasteiger partial charge in [-0.3, -0.25) is 9.59 Å². The lowest BCUT2D eigenvalue weighted by molar-refractivity contribution is -0.121. The second-order valence-corrected chi connectivity index (χ2v) is 7.27. The maximum absolute atomic E-state index is 12.1. The number of carbonyl (C=O) groups excluding carboxylic acids is 1. The van der Waals surface area contributed by atoms with Crippen molar-refractivity contribution in [3.63, 3.8) is 0 Å². The molecule has 0 saturated heterocycles. The number of hydrogen-bond acceptors (Lipinski definition) is 3. The Kier molecular flexibility index (Phi) is 4.08. The smallest absolute Gasteiger partial charge is 0.258 e. The van der Waals surface area contributed by atoms with E-state index in [0.717, 1.165) is 18.4 Å². The lowest BCUT2D eigenvalue weighted by Crippen LogP contribution is -2.31. The van der Waals surface area contributed by atoms with Crippen molar-refractivity contribution < 1.29 is 4.79 Å². The third kappa shape index (κ3) is 3.07. The Hall–Kier alpha value is -2.17. The predicted molar refractivity (Wildman–Crippen MR) is 92.6 cm³/mol. The Morgan fingerprint density at radius 2 is 2.12 bits per heavy atom. The molecule has 24 heavy (non-hydrogen) atoms. The molecule has 2 fully saturated rings. The van der Waals surface area contributed by atoms with Gasteiger partial charge in [-0.2, -0.15) is 0 Å². The van der Waals surface area contributed by atoms with Crippen molar-refractivity contribution in [3.8, 4) is 0 Å². The van der Waals surface area contributed by atoms with Gasteiger partial charge in [-0.25, -0.2) is 4.98 Å². The van der Waals surface area contributed by atoms with E-state index in [1.54, 1.807) is 6.07 Å². The first-order valence-corrected chi connectivity index (χ1v) is 8.93. The Morgan fingerprint density at radius 1 is 1.25 bits per heavy atom. The lowest BCUT2D eigenvalue weighted by atomic mass is 9.89. The third-order valence-electron chi connectivity index (χ3n) is 5.70. The average Bonchev–Trinajstić information content (AvgIpc) is 3.21. The van der Waals surface area contributed by atoms with Crippen LogP contribution in [0.15, 0.2) is 29.1 Å². The molecule has 126 valence electrons. The molecule has 2 aliphatic rings. The summed E-state index contributed by atoms with van der Waals surface area (Å²) in [5.41, 5.74) is 0.539. The Morgan fingerprint density at radius 3 is 2.92 bits per heavy atom. The molecule has 1 aromatic carbocycles. The fourth-order valence-electron chi connectivity index (χ4n) is 4.44. The maximum atomic E-state index is 12.1. The van der Waals surface area contributed by atoms with Gasteiger partial charge in [0.25, 0.3) is 5.56 Å². The number of H-pyrrole nitrogens is 1. The molecule has 5 nitrogen and oxygen atoms in total. The first-order chi connectivity index (χ1) is 11.7. The van der Waals surface area contributed by atoms with E-state index < -0.39 is 0 Å². The van der Waals surface area contributed by atoms with Gasteiger partial charge in [0.15, 0.2) is 0 Å². The van der Waals surface area contributed by atoms with Crippen LogP contribution in [0, 0.1) is 17.8 Å². The molecule has 0 spiro atoms. The van der Waals surface area contributed by atoms with Crippen LogP contribution in [0.1, 0.15) is 37.9 Å². The highest BCUT2D eigenvalue weighted by atomic mass is 16.1. The van der Waals surface area contributed by atoms with Gasteiger partial charge in [-0.1, -0.05) is 18.6 Å². The first kappa shape index (κ1) is 15.4. The van der Waals surface area contributed by atoms with Gasteiger partial charge in [-0.15, -0.1) is 0 Å². The van der Waals surface area contributed by atoms with Crippen LogP contribution >= 0.6 is 0 Å². The van der Waals surface area contributed by atoms with E-state index in [1.165, 1.54) is 25.7 Å². The quantitative estimate of drug-likeness (QED) is 0.886. The summed E-state index contributed by atoms with van der Waals surface area (Å²) >= 11 is 0. The topological polar surface area (TPSA) is 74.8 Å². The number of hydrogen-bond donors (Lipinski definition) is 2. The zero-order valence-corrected chi connectivity index (χ0v) is 13.8. The average molecular weight is 325 g/mol. The summed E-state index contributed by atoms with van der Waals surface area (Å²) in [4.78, 5) is 31.3. The highest BCUT2D eigenvalue weighted by Crippen LogP contribution is 2.47. The molecule has 0 unspecified atom stereocenters. The number of benzene rings is 1. The zero-order chi connectivity index (χ0) is 16.5. The highest BCUT2D eigenvalue weighted by Gasteiger charge is 2.39. The van der Waals surface area contributed by atoms with Gasteiger partial charge in [-0.05, 0) is 49.1 Å². The zero-order valence-electron chi connectivity index (χ0n) is 13.8. The largest absolute Gasteiger partial charge is 0.356 e. The number of rotatable bonds is 5. The second-order valence-electron chi connectivity index (χ2n) is 7.27. The van der Waals surface area contributed by atoms with Gasteiger partial charge < -0.3 is 10.3 Å². The third-order valence-corrected chi connectivity index (χ3v) is 5.70. The van der Waals surface area contributed by atoms with E-state index in [-0.39, 0.29) is 11.5 Å². The minimum atomic E-state index is -0.141. The number of para-hydroxylation sites is 1. The molecule has 2 bridgehead atoms. The number of aromatic amines is 1. The summed E-state index contributed by atoms with van der Waals surface area (Å²) in [6, 6.07) is 7.26. The summed E-state index contributed by atoms with van der Waals surface area (Å²) < 4.78 is 0. The number of aromatic nitrogens is 2. The van der Waals surface area contributed by atoms with Crippen molar-refractivity contribution in [2.75, 3.05) is 6.54 Å². The molecule has 2 saturated carbocycles. The van der Waals surface area contributed by atoms with Crippen molar-refractivity contribution in [1.29, 1.82) is 0 Å². The van der Waals surface area contributed by atoms with E-state index >= 15 is 0 Å². The van der Waals surface area contributed by atoms with Crippen LogP contribution in [-0.4, -0.2) is 22.4 Å². The van der Waals surface area contributed by atoms with Crippen molar-refractivity contribution in [3.05, 3.63) is 40.4 Å². The molecule has 1 aromatic heterocycles. The van der Waals surface area contributed by atoms with Gasteiger partial charge in [0.1, 0.15) is 5.82 Å². The molecular formula is C19H23N3O2. The standard InChI is InChI=1S/C19H23N3O2/c23-18(20-11-14-10-12-5-6-13(14)9-12)8-7-17-21-16-4-2-1-3-15(16)19(24)22-17/h1-4,12-14H,5-11H2,(H,20,23)(H,21,22,24)/t12-,13-,14+/m0/s1. The molecular weight excluding hydrogens is 302 g/mol. The van der Waals surface area contributed by atoms with Crippen molar-refractivity contribution in [2.24, 2.45) is 17.8 Å². The molecule has 2 aromatic rings. The fourth-order valence-corrected chi connectivity index (χ4v) is 4.44. The Bertz CT molecular complexity index is 814. The van der Waals surface area contributed by atoms with E-state index in [4.69, 9.17) is 0 Å². The predicted octanol–water partition coefficient (Wildman–Crippen LogP) is 2.41. The summed E-state index contributed by atoms with van der Waals surface area (Å²) in [5, 5.41) is 3.66. The van der Waals surface area contributed by atoms with Gasteiger partial charge >= 0.3 is 0 Å². The molecule has 3 atom stereocenters. The summed E-state index contributed by atoms with van der Waals surface area (Å²) in [6.07, 6.45) is 6.20. The fraction of sp³-hybridized carbons (Fsp3) is 0.526. The van der Waals surface area contributed by atoms with Crippen LogP contribution in [-0.2, 0) is 11.2 Å². The Balaban J connectivity index is 1.31. The molecule has 4 rings (SSSR count). The number of aryl methyl sites for hydroxylation is 1. The van der Waals surface area contributed by atoms with Crippen molar-refractivity contribution >= 4 is 16.8 Å². The van der Waals surface area contributed by atoms with Crippen LogP contribution in [0.4, 0.5) is 0 Å². The van der Waals surface area contributed by atoms with Crippen LogP contribution < -0.4 is 10.9 Å². The van der Waals surface area contributed by atoms with Crippen molar-refractivity contribution in [2.45, 2.75) is 38.5 Å². The molecule has 1 heterocycles. The molecule has 0 aliphatic heterocycles. The lowest BCUT2D eigenvalue weighted by Gasteiger charge is -2.21. The number of nitrogens with zero attached hydrogens (tertiary/aromatic N) is 1. The number of nitrogens with one attached hydrogen (secondary N) is 2. The number of amides is 1. The summed E-state index contributed by atoms with van der Waals surface area (Å²) in [5.74, 6) is 3.03. The molecule has 5 heteroatoms. The molecule has 2 aliphatic carbocycles. The SMILES string of the molecule is O=C(CCc1nc2ccccc2c(=O)[nH]1)NC[C@H]1C[C@H]2CC[C@H]1C2. The maximum Gasteiger partial charge on any atom is 0.258 e. The van der Waals surface area contributed by atoms with Crippen LogP contribution in [0.3, 0.4) is 0 Å². The molecule has 1 amide bonds. The van der Waals surface area contributed by atoms with E-state index in [9.17, 15) is 9.59 Å². The normalized spacial score (nSPS) is 25.2. The summed E-state index contributed by atoms with van der Waals surface area (Å²) in [7, 11) is 0. The van der Waals surface area contributed by atoms with E-state index in [2.05, 4.69) is 15.3 Å². The first-order valence-electron chi connectivity index (χ1n) is 8.93. The van der Waals surface area contributed by atoms with Crippen molar-refractivity contribution in [1.82, 2.24) is 15.3 Å². The van der Waals surface area contributed by atoms with E-state index in [0.29, 0.717) is 35.5 Å².